The average molecular weight is 606 g/mol. The van der Waals surface area contributed by atoms with Gasteiger partial charge in [0.15, 0.2) is 11.3 Å². The summed E-state index contributed by atoms with van der Waals surface area (Å²) in [5.41, 5.74) is 7.30. The van der Waals surface area contributed by atoms with Crippen LogP contribution in [0.4, 0.5) is 0 Å². The molecular weight excluding hydrogens is 574 g/mol. The van der Waals surface area contributed by atoms with Gasteiger partial charge in [0, 0.05) is 41.6 Å². The summed E-state index contributed by atoms with van der Waals surface area (Å²) in [7, 11) is 0. The fourth-order valence-corrected chi connectivity index (χ4v) is 7.88. The Morgan fingerprint density at radius 3 is 2.13 bits per heavy atom. The Hall–Kier alpha value is -5.21. The second-order valence-electron chi connectivity index (χ2n) is 13.4. The van der Waals surface area contributed by atoms with Crippen LogP contribution in [0.1, 0.15) is 76.1 Å². The van der Waals surface area contributed by atoms with E-state index in [1.807, 2.05) is 54.0 Å². The van der Waals surface area contributed by atoms with E-state index in [1.165, 1.54) is 10.5 Å². The monoisotopic (exact) mass is 605 g/mol. The Bertz CT molecular complexity index is 2210. The highest BCUT2D eigenvalue weighted by molar-refractivity contribution is 6.22. The minimum Gasteiger partial charge on any atom is -0.390 e. The summed E-state index contributed by atoms with van der Waals surface area (Å²) in [5, 5.41) is 16.7. The number of hydrogen-bond acceptors (Lipinski definition) is 6. The van der Waals surface area contributed by atoms with Crippen molar-refractivity contribution >= 4 is 28.5 Å². The zero-order chi connectivity index (χ0) is 31.4. The number of benzene rings is 3. The number of imide groups is 1. The predicted octanol–water partition coefficient (Wildman–Crippen LogP) is 6.83. The van der Waals surface area contributed by atoms with E-state index in [2.05, 4.69) is 24.3 Å². The molecule has 3 aromatic carbocycles. The first-order valence-corrected chi connectivity index (χ1v) is 15.8. The SMILES string of the molecule is Cc1cc2ncc3c(C4CC4)c(-c4ccccc4)c(-c4ccc(C5(N6C(=O)c7ccccc7C6=O)CC(C)(O)C5)cc4)nc3n2n1. The minimum absolute atomic E-state index is 0.268. The van der Waals surface area contributed by atoms with Crippen LogP contribution >= 0.6 is 0 Å². The lowest BCUT2D eigenvalue weighted by Gasteiger charge is -2.55. The standard InChI is InChI=1S/C38H31N5O3/c1-22-18-30-39-19-29-31(24-12-13-24)32(23-8-4-3-5-9-23)33(40-34(29)43(30)41-22)25-14-16-26(17-15-25)38(20-37(2,46)21-38)42-35(44)27-10-6-7-11-28(27)36(42)45/h3-11,14-19,24,46H,12-13,20-21H2,1-2H3. The second kappa shape index (κ2) is 9.40. The van der Waals surface area contributed by atoms with Gasteiger partial charge in [-0.25, -0.2) is 9.97 Å². The highest BCUT2D eigenvalue weighted by Gasteiger charge is 2.60. The Balaban J connectivity index is 1.23. The molecule has 2 amide bonds. The number of rotatable bonds is 5. The zero-order valence-electron chi connectivity index (χ0n) is 25.6. The van der Waals surface area contributed by atoms with E-state index in [1.54, 1.807) is 31.2 Å². The van der Waals surface area contributed by atoms with Gasteiger partial charge in [-0.05, 0) is 61.4 Å². The van der Waals surface area contributed by atoms with Crippen molar-refractivity contribution in [2.45, 2.75) is 56.6 Å². The number of fused-ring (bicyclic) bond motifs is 4. The molecule has 2 aliphatic carbocycles. The van der Waals surface area contributed by atoms with Crippen molar-refractivity contribution in [1.29, 1.82) is 0 Å². The van der Waals surface area contributed by atoms with Crippen LogP contribution in [-0.2, 0) is 5.54 Å². The molecule has 0 spiro atoms. The smallest absolute Gasteiger partial charge is 0.262 e. The van der Waals surface area contributed by atoms with E-state index in [0.29, 0.717) is 17.0 Å². The van der Waals surface area contributed by atoms with E-state index >= 15 is 0 Å². The Morgan fingerprint density at radius 2 is 1.50 bits per heavy atom. The molecule has 3 aromatic heterocycles. The topological polar surface area (TPSA) is 101 Å². The molecule has 8 heteroatoms. The number of hydrogen-bond donors (Lipinski definition) is 1. The summed E-state index contributed by atoms with van der Waals surface area (Å²) in [4.78, 5) is 38.8. The summed E-state index contributed by atoms with van der Waals surface area (Å²) in [6, 6.07) is 27.3. The highest BCUT2D eigenvalue weighted by atomic mass is 16.3. The van der Waals surface area contributed by atoms with E-state index in [0.717, 1.165) is 63.2 Å². The van der Waals surface area contributed by atoms with Crippen LogP contribution in [0.15, 0.2) is 91.1 Å². The molecule has 1 aliphatic heterocycles. The van der Waals surface area contributed by atoms with Gasteiger partial charge in [0.1, 0.15) is 0 Å². The van der Waals surface area contributed by atoms with E-state index in [-0.39, 0.29) is 24.7 Å². The number of aromatic nitrogens is 4. The van der Waals surface area contributed by atoms with Crippen LogP contribution in [0.25, 0.3) is 39.1 Å². The van der Waals surface area contributed by atoms with Crippen molar-refractivity contribution in [3.63, 3.8) is 0 Å². The van der Waals surface area contributed by atoms with Gasteiger partial charge in [-0.3, -0.25) is 14.5 Å². The maximum atomic E-state index is 13.7. The lowest BCUT2D eigenvalue weighted by Crippen LogP contribution is -2.63. The fourth-order valence-electron chi connectivity index (χ4n) is 7.88. The predicted molar refractivity (Wildman–Crippen MR) is 174 cm³/mol. The van der Waals surface area contributed by atoms with E-state index < -0.39 is 11.1 Å². The van der Waals surface area contributed by atoms with Gasteiger partial charge < -0.3 is 5.11 Å². The Kier molecular flexibility index (Phi) is 5.55. The number of pyridine rings is 1. The third kappa shape index (κ3) is 3.86. The number of aliphatic hydroxyl groups is 1. The van der Waals surface area contributed by atoms with Crippen molar-refractivity contribution in [3.05, 3.63) is 119 Å². The maximum absolute atomic E-state index is 13.7. The molecule has 0 unspecified atom stereocenters. The molecule has 2 saturated carbocycles. The molecule has 8 nitrogen and oxygen atoms in total. The van der Waals surface area contributed by atoms with Crippen molar-refractivity contribution in [2.24, 2.45) is 0 Å². The van der Waals surface area contributed by atoms with Crippen molar-refractivity contribution in [2.75, 3.05) is 0 Å². The van der Waals surface area contributed by atoms with Crippen LogP contribution in [0.5, 0.6) is 0 Å². The van der Waals surface area contributed by atoms with Gasteiger partial charge in [-0.2, -0.15) is 9.61 Å². The van der Waals surface area contributed by atoms with E-state index in [9.17, 15) is 14.7 Å². The molecule has 0 radical (unpaired) electrons. The van der Waals surface area contributed by atoms with Crippen LogP contribution in [0.2, 0.25) is 0 Å². The summed E-state index contributed by atoms with van der Waals surface area (Å²) in [6.07, 6.45) is 4.69. The fraction of sp³-hybridized carbons (Fsp3) is 0.237. The molecule has 0 bridgehead atoms. The summed E-state index contributed by atoms with van der Waals surface area (Å²) in [6.45, 7) is 3.72. The largest absolute Gasteiger partial charge is 0.390 e. The lowest BCUT2D eigenvalue weighted by atomic mass is 9.61. The molecule has 0 saturated heterocycles. The van der Waals surface area contributed by atoms with Gasteiger partial charge >= 0.3 is 0 Å². The quantitative estimate of drug-likeness (QED) is 0.216. The van der Waals surface area contributed by atoms with Crippen molar-refractivity contribution < 1.29 is 14.7 Å². The average Bonchev–Trinajstić information content (AvgIpc) is 3.77. The first-order valence-electron chi connectivity index (χ1n) is 15.8. The van der Waals surface area contributed by atoms with Crippen LogP contribution < -0.4 is 0 Å². The number of aryl methyl sites for hydroxylation is 1. The number of amides is 2. The van der Waals surface area contributed by atoms with Crippen LogP contribution in [0, 0.1) is 6.92 Å². The first-order chi connectivity index (χ1) is 22.2. The normalized spacial score (nSPS) is 22.5. The zero-order valence-corrected chi connectivity index (χ0v) is 25.6. The molecule has 226 valence electrons. The van der Waals surface area contributed by atoms with Gasteiger partial charge in [-0.1, -0.05) is 66.7 Å². The van der Waals surface area contributed by atoms with Crippen molar-refractivity contribution in [1.82, 2.24) is 24.5 Å². The van der Waals surface area contributed by atoms with Gasteiger partial charge in [0.2, 0.25) is 0 Å². The summed E-state index contributed by atoms with van der Waals surface area (Å²) in [5.74, 6) is -0.225. The third-order valence-electron chi connectivity index (χ3n) is 9.91. The van der Waals surface area contributed by atoms with Gasteiger partial charge in [-0.15, -0.1) is 0 Å². The molecule has 1 N–H and O–H groups in total. The van der Waals surface area contributed by atoms with Crippen LogP contribution in [-0.4, -0.2) is 47.0 Å². The summed E-state index contributed by atoms with van der Waals surface area (Å²) < 4.78 is 1.84. The molecule has 6 aromatic rings. The maximum Gasteiger partial charge on any atom is 0.262 e. The number of carbonyl (C=O) groups is 2. The van der Waals surface area contributed by atoms with E-state index in [4.69, 9.17) is 15.1 Å². The van der Waals surface area contributed by atoms with Gasteiger partial charge in [0.05, 0.1) is 33.7 Å². The molecule has 2 fully saturated rings. The molecule has 46 heavy (non-hydrogen) atoms. The highest BCUT2D eigenvalue weighted by Crippen LogP contribution is 2.55. The lowest BCUT2D eigenvalue weighted by molar-refractivity contribution is -0.118. The summed E-state index contributed by atoms with van der Waals surface area (Å²) >= 11 is 0. The molecule has 4 heterocycles. The van der Waals surface area contributed by atoms with Crippen molar-refractivity contribution in [3.8, 4) is 22.4 Å². The number of nitrogens with zero attached hydrogens (tertiary/aromatic N) is 5. The molecule has 0 atom stereocenters. The van der Waals surface area contributed by atoms with Crippen LogP contribution in [0.3, 0.4) is 0 Å². The number of carbonyl (C=O) groups excluding carboxylic acids is 2. The first kappa shape index (κ1) is 27.1. The minimum atomic E-state index is -0.991. The molecule has 9 rings (SSSR count). The molecular formula is C38H31N5O3. The Morgan fingerprint density at radius 1 is 0.848 bits per heavy atom. The van der Waals surface area contributed by atoms with Gasteiger partial charge in [0.25, 0.3) is 11.8 Å². The molecule has 3 aliphatic rings. The third-order valence-corrected chi connectivity index (χ3v) is 9.91. The second-order valence-corrected chi connectivity index (χ2v) is 13.4. The Labute approximate surface area is 265 Å².